The highest BCUT2D eigenvalue weighted by Gasteiger charge is 2.34. The SMILES string of the molecule is NCC1(CNCc2csc3ccccc23)CCC1. The molecular formula is C15H20N2S. The van der Waals surface area contributed by atoms with E-state index in [2.05, 4.69) is 35.0 Å². The van der Waals surface area contributed by atoms with Crippen LogP contribution in [0.2, 0.25) is 0 Å². The number of nitrogens with one attached hydrogen (secondary N) is 1. The van der Waals surface area contributed by atoms with Crippen molar-refractivity contribution in [1.29, 1.82) is 0 Å². The van der Waals surface area contributed by atoms with Crippen molar-refractivity contribution in [2.45, 2.75) is 25.8 Å². The van der Waals surface area contributed by atoms with Gasteiger partial charge in [0.1, 0.15) is 0 Å². The van der Waals surface area contributed by atoms with Crippen molar-refractivity contribution in [3.63, 3.8) is 0 Å². The summed E-state index contributed by atoms with van der Waals surface area (Å²) in [5, 5.41) is 7.27. The van der Waals surface area contributed by atoms with Crippen molar-refractivity contribution in [3.8, 4) is 0 Å². The third-order valence-corrected chi connectivity index (χ3v) is 5.24. The van der Waals surface area contributed by atoms with E-state index in [1.165, 1.54) is 34.9 Å². The van der Waals surface area contributed by atoms with E-state index >= 15 is 0 Å². The molecule has 2 aromatic rings. The number of benzene rings is 1. The molecule has 1 aromatic carbocycles. The van der Waals surface area contributed by atoms with Gasteiger partial charge in [0.15, 0.2) is 0 Å². The summed E-state index contributed by atoms with van der Waals surface area (Å²) < 4.78 is 1.38. The molecule has 96 valence electrons. The van der Waals surface area contributed by atoms with Crippen LogP contribution in [0, 0.1) is 5.41 Å². The van der Waals surface area contributed by atoms with E-state index in [-0.39, 0.29) is 0 Å². The van der Waals surface area contributed by atoms with Crippen molar-refractivity contribution >= 4 is 21.4 Å². The number of thiophene rings is 1. The zero-order valence-corrected chi connectivity index (χ0v) is 11.4. The summed E-state index contributed by atoms with van der Waals surface area (Å²) in [6.07, 6.45) is 3.93. The van der Waals surface area contributed by atoms with E-state index in [9.17, 15) is 0 Å². The van der Waals surface area contributed by atoms with Crippen LogP contribution >= 0.6 is 11.3 Å². The third kappa shape index (κ3) is 2.18. The van der Waals surface area contributed by atoms with E-state index in [1.54, 1.807) is 0 Å². The van der Waals surface area contributed by atoms with Gasteiger partial charge < -0.3 is 11.1 Å². The van der Waals surface area contributed by atoms with Crippen LogP contribution in [0.1, 0.15) is 24.8 Å². The molecule has 3 rings (SSSR count). The van der Waals surface area contributed by atoms with E-state index in [0.29, 0.717) is 5.41 Å². The van der Waals surface area contributed by atoms with Crippen molar-refractivity contribution < 1.29 is 0 Å². The molecular weight excluding hydrogens is 240 g/mol. The molecule has 1 saturated carbocycles. The lowest BCUT2D eigenvalue weighted by Gasteiger charge is -2.41. The van der Waals surface area contributed by atoms with Crippen molar-refractivity contribution in [2.75, 3.05) is 13.1 Å². The van der Waals surface area contributed by atoms with Crippen LogP contribution in [-0.4, -0.2) is 13.1 Å². The van der Waals surface area contributed by atoms with Crippen LogP contribution in [0.5, 0.6) is 0 Å². The lowest BCUT2D eigenvalue weighted by Crippen LogP contribution is -2.45. The number of rotatable bonds is 5. The molecule has 1 aliphatic rings. The van der Waals surface area contributed by atoms with Gasteiger partial charge in [-0.1, -0.05) is 24.6 Å². The second-order valence-corrected chi connectivity index (χ2v) is 6.33. The summed E-state index contributed by atoms with van der Waals surface area (Å²) in [6.45, 7) is 2.85. The Morgan fingerprint density at radius 2 is 2.11 bits per heavy atom. The summed E-state index contributed by atoms with van der Waals surface area (Å²) in [6, 6.07) is 8.63. The Hall–Kier alpha value is -0.900. The second kappa shape index (κ2) is 5.00. The van der Waals surface area contributed by atoms with Gasteiger partial charge in [0.2, 0.25) is 0 Å². The topological polar surface area (TPSA) is 38.0 Å². The molecule has 1 fully saturated rings. The summed E-state index contributed by atoms with van der Waals surface area (Å²) in [7, 11) is 0. The minimum atomic E-state index is 0.395. The molecule has 3 N–H and O–H groups in total. The molecule has 0 radical (unpaired) electrons. The van der Waals surface area contributed by atoms with Gasteiger partial charge in [0.05, 0.1) is 0 Å². The molecule has 2 nitrogen and oxygen atoms in total. The first-order valence-electron chi connectivity index (χ1n) is 6.69. The average Bonchev–Trinajstić information content (AvgIpc) is 2.76. The molecule has 0 saturated heterocycles. The highest BCUT2D eigenvalue weighted by molar-refractivity contribution is 7.17. The maximum atomic E-state index is 5.88. The number of nitrogens with two attached hydrogens (primary N) is 1. The Bertz CT molecular complexity index is 523. The maximum absolute atomic E-state index is 5.88. The van der Waals surface area contributed by atoms with E-state index in [1.807, 2.05) is 11.3 Å². The minimum Gasteiger partial charge on any atom is -0.330 e. The predicted octanol–water partition coefficient (Wildman–Crippen LogP) is 3.12. The zero-order chi connectivity index (χ0) is 12.4. The van der Waals surface area contributed by atoms with Gasteiger partial charge >= 0.3 is 0 Å². The fourth-order valence-electron chi connectivity index (χ4n) is 2.76. The first kappa shape index (κ1) is 12.2. The summed E-state index contributed by atoms with van der Waals surface area (Å²) in [5.41, 5.74) is 7.69. The molecule has 0 unspecified atom stereocenters. The molecule has 1 aliphatic carbocycles. The molecule has 0 spiro atoms. The van der Waals surface area contributed by atoms with Gasteiger partial charge in [-0.15, -0.1) is 11.3 Å². The molecule has 1 heterocycles. The lowest BCUT2D eigenvalue weighted by atomic mass is 9.69. The highest BCUT2D eigenvalue weighted by Crippen LogP contribution is 2.39. The Morgan fingerprint density at radius 1 is 1.28 bits per heavy atom. The van der Waals surface area contributed by atoms with Gasteiger partial charge in [0.25, 0.3) is 0 Å². The number of hydrogen-bond acceptors (Lipinski definition) is 3. The van der Waals surface area contributed by atoms with Crippen LogP contribution in [-0.2, 0) is 6.54 Å². The first-order valence-corrected chi connectivity index (χ1v) is 7.57. The third-order valence-electron chi connectivity index (χ3n) is 4.22. The fraction of sp³-hybridized carbons (Fsp3) is 0.467. The zero-order valence-electron chi connectivity index (χ0n) is 10.6. The molecule has 0 aliphatic heterocycles. The van der Waals surface area contributed by atoms with Crippen molar-refractivity contribution in [3.05, 3.63) is 35.2 Å². The van der Waals surface area contributed by atoms with Crippen molar-refractivity contribution in [2.24, 2.45) is 11.1 Å². The maximum Gasteiger partial charge on any atom is 0.0346 e. The van der Waals surface area contributed by atoms with Crippen LogP contribution in [0.3, 0.4) is 0 Å². The molecule has 18 heavy (non-hydrogen) atoms. The first-order chi connectivity index (χ1) is 8.83. The Kier molecular flexibility index (Phi) is 3.37. The minimum absolute atomic E-state index is 0.395. The van der Waals surface area contributed by atoms with Crippen LogP contribution in [0.25, 0.3) is 10.1 Å². The molecule has 1 aromatic heterocycles. The van der Waals surface area contributed by atoms with Gasteiger partial charge in [-0.25, -0.2) is 0 Å². The van der Waals surface area contributed by atoms with Gasteiger partial charge in [-0.3, -0.25) is 0 Å². The highest BCUT2D eigenvalue weighted by atomic mass is 32.1. The standard InChI is InChI=1S/C15H20N2S/c16-10-15(6-3-7-15)11-17-8-12-9-18-14-5-2-1-4-13(12)14/h1-2,4-5,9,17H,3,6-8,10-11,16H2. The normalized spacial score (nSPS) is 17.8. The largest absolute Gasteiger partial charge is 0.330 e. The molecule has 0 amide bonds. The van der Waals surface area contributed by atoms with Crippen LogP contribution < -0.4 is 11.1 Å². The van der Waals surface area contributed by atoms with E-state index in [4.69, 9.17) is 5.73 Å². The van der Waals surface area contributed by atoms with Gasteiger partial charge in [0, 0.05) is 17.8 Å². The smallest absolute Gasteiger partial charge is 0.0346 e. The summed E-state index contributed by atoms with van der Waals surface area (Å²) in [5.74, 6) is 0. The van der Waals surface area contributed by atoms with Crippen LogP contribution in [0.15, 0.2) is 29.6 Å². The molecule has 0 bridgehead atoms. The Balaban J connectivity index is 1.63. The number of hydrogen-bond donors (Lipinski definition) is 2. The van der Waals surface area contributed by atoms with E-state index in [0.717, 1.165) is 19.6 Å². The quantitative estimate of drug-likeness (QED) is 0.867. The van der Waals surface area contributed by atoms with Gasteiger partial charge in [-0.2, -0.15) is 0 Å². The van der Waals surface area contributed by atoms with Gasteiger partial charge in [-0.05, 0) is 47.2 Å². The second-order valence-electron chi connectivity index (χ2n) is 5.42. The average molecular weight is 260 g/mol. The van der Waals surface area contributed by atoms with Crippen molar-refractivity contribution in [1.82, 2.24) is 5.32 Å². The fourth-order valence-corrected chi connectivity index (χ4v) is 3.72. The summed E-state index contributed by atoms with van der Waals surface area (Å²) in [4.78, 5) is 0. The molecule has 0 atom stereocenters. The Morgan fingerprint density at radius 3 is 2.83 bits per heavy atom. The Labute approximate surface area is 112 Å². The summed E-state index contributed by atoms with van der Waals surface area (Å²) >= 11 is 1.83. The lowest BCUT2D eigenvalue weighted by molar-refractivity contribution is 0.141. The number of fused-ring (bicyclic) bond motifs is 1. The van der Waals surface area contributed by atoms with E-state index < -0.39 is 0 Å². The molecule has 3 heteroatoms. The van der Waals surface area contributed by atoms with Crippen LogP contribution in [0.4, 0.5) is 0 Å². The predicted molar refractivity (Wildman–Crippen MR) is 78.9 cm³/mol. The monoisotopic (exact) mass is 260 g/mol.